The highest BCUT2D eigenvalue weighted by Gasteiger charge is 1.94. The van der Waals surface area contributed by atoms with Gasteiger partial charge >= 0.3 is 0 Å². The van der Waals surface area contributed by atoms with Crippen LogP contribution in [-0.4, -0.2) is 10.2 Å². The Morgan fingerprint density at radius 1 is 1.21 bits per heavy atom. The predicted octanol–water partition coefficient (Wildman–Crippen LogP) is 1.83. The second-order valence-electron chi connectivity index (χ2n) is 2.90. The van der Waals surface area contributed by atoms with Crippen molar-refractivity contribution in [1.82, 2.24) is 15.5 Å². The van der Waals surface area contributed by atoms with Gasteiger partial charge in [0, 0.05) is 24.2 Å². The molecule has 0 unspecified atom stereocenters. The molecule has 2 heterocycles. The molecule has 0 aliphatic rings. The standard InChI is InChI=1S/C10H11N3S/c1-3-9(13-12-5-1)7-11-8-10-4-2-6-14-10/h1-6,11H,7-8H2. The Hall–Kier alpha value is -1.26. The zero-order valence-corrected chi connectivity index (χ0v) is 8.50. The SMILES string of the molecule is c1cnnc(CNCc2cccs2)c1. The molecular weight excluding hydrogens is 194 g/mol. The first-order valence-electron chi connectivity index (χ1n) is 4.45. The summed E-state index contributed by atoms with van der Waals surface area (Å²) in [5, 5.41) is 13.2. The van der Waals surface area contributed by atoms with Crippen LogP contribution < -0.4 is 5.32 Å². The molecule has 0 saturated carbocycles. The van der Waals surface area contributed by atoms with Crippen LogP contribution in [0.3, 0.4) is 0 Å². The van der Waals surface area contributed by atoms with Crippen molar-refractivity contribution in [3.63, 3.8) is 0 Å². The van der Waals surface area contributed by atoms with E-state index in [4.69, 9.17) is 0 Å². The van der Waals surface area contributed by atoms with Crippen LogP contribution in [0.4, 0.5) is 0 Å². The van der Waals surface area contributed by atoms with Gasteiger partial charge in [-0.05, 0) is 23.6 Å². The van der Waals surface area contributed by atoms with Crippen LogP contribution >= 0.6 is 11.3 Å². The van der Waals surface area contributed by atoms with Gasteiger partial charge in [-0.15, -0.1) is 11.3 Å². The van der Waals surface area contributed by atoms with Gasteiger partial charge in [-0.1, -0.05) is 6.07 Å². The van der Waals surface area contributed by atoms with Crippen molar-refractivity contribution in [2.75, 3.05) is 0 Å². The smallest absolute Gasteiger partial charge is 0.0769 e. The van der Waals surface area contributed by atoms with Gasteiger partial charge in [-0.3, -0.25) is 0 Å². The van der Waals surface area contributed by atoms with Crippen molar-refractivity contribution >= 4 is 11.3 Å². The molecule has 2 aromatic heterocycles. The number of rotatable bonds is 4. The Kier molecular flexibility index (Phi) is 3.21. The van der Waals surface area contributed by atoms with Gasteiger partial charge in [0.25, 0.3) is 0 Å². The fraction of sp³-hybridized carbons (Fsp3) is 0.200. The van der Waals surface area contributed by atoms with Crippen molar-refractivity contribution in [3.05, 3.63) is 46.4 Å². The van der Waals surface area contributed by atoms with Gasteiger partial charge < -0.3 is 5.32 Å². The summed E-state index contributed by atoms with van der Waals surface area (Å²) in [5.74, 6) is 0. The second kappa shape index (κ2) is 4.83. The van der Waals surface area contributed by atoms with E-state index in [2.05, 4.69) is 33.0 Å². The average Bonchev–Trinajstić information content (AvgIpc) is 2.72. The van der Waals surface area contributed by atoms with E-state index in [1.807, 2.05) is 12.1 Å². The molecule has 0 aliphatic carbocycles. The normalized spacial score (nSPS) is 10.3. The molecule has 0 fully saturated rings. The molecule has 3 nitrogen and oxygen atoms in total. The van der Waals surface area contributed by atoms with Crippen molar-refractivity contribution in [1.29, 1.82) is 0 Å². The summed E-state index contributed by atoms with van der Waals surface area (Å²) >= 11 is 1.76. The minimum Gasteiger partial charge on any atom is -0.306 e. The average molecular weight is 205 g/mol. The van der Waals surface area contributed by atoms with E-state index in [1.54, 1.807) is 17.5 Å². The molecule has 0 spiro atoms. The van der Waals surface area contributed by atoms with E-state index in [9.17, 15) is 0 Å². The number of thiophene rings is 1. The number of nitrogens with one attached hydrogen (secondary N) is 1. The Morgan fingerprint density at radius 2 is 2.21 bits per heavy atom. The fourth-order valence-electron chi connectivity index (χ4n) is 1.15. The van der Waals surface area contributed by atoms with Gasteiger partial charge in [0.05, 0.1) is 5.69 Å². The third-order valence-electron chi connectivity index (χ3n) is 1.81. The predicted molar refractivity (Wildman–Crippen MR) is 56.9 cm³/mol. The molecule has 0 atom stereocenters. The summed E-state index contributed by atoms with van der Waals surface area (Å²) in [6.07, 6.45) is 1.68. The minimum atomic E-state index is 0.770. The third kappa shape index (κ3) is 2.61. The molecule has 72 valence electrons. The molecule has 0 radical (unpaired) electrons. The summed E-state index contributed by atoms with van der Waals surface area (Å²) < 4.78 is 0. The lowest BCUT2D eigenvalue weighted by atomic mass is 10.4. The van der Waals surface area contributed by atoms with Gasteiger partial charge in [0.15, 0.2) is 0 Å². The van der Waals surface area contributed by atoms with Crippen LogP contribution in [0.1, 0.15) is 10.6 Å². The Morgan fingerprint density at radius 3 is 2.93 bits per heavy atom. The maximum atomic E-state index is 3.99. The van der Waals surface area contributed by atoms with E-state index in [1.165, 1.54) is 4.88 Å². The molecule has 0 aromatic carbocycles. The van der Waals surface area contributed by atoms with Crippen LogP contribution in [0.2, 0.25) is 0 Å². The highest BCUT2D eigenvalue weighted by molar-refractivity contribution is 7.09. The molecule has 0 amide bonds. The molecule has 2 rings (SSSR count). The molecular formula is C10H11N3S. The van der Waals surface area contributed by atoms with E-state index < -0.39 is 0 Å². The first-order valence-corrected chi connectivity index (χ1v) is 5.33. The summed E-state index contributed by atoms with van der Waals surface area (Å²) in [5.41, 5.74) is 0.976. The fourth-order valence-corrected chi connectivity index (χ4v) is 1.83. The lowest BCUT2D eigenvalue weighted by Crippen LogP contribution is -2.12. The van der Waals surface area contributed by atoms with Crippen molar-refractivity contribution < 1.29 is 0 Å². The molecule has 14 heavy (non-hydrogen) atoms. The van der Waals surface area contributed by atoms with Gasteiger partial charge in [-0.2, -0.15) is 10.2 Å². The molecule has 0 aliphatic heterocycles. The Bertz CT molecular complexity index is 358. The topological polar surface area (TPSA) is 37.8 Å². The first kappa shape index (κ1) is 9.30. The zero-order chi connectivity index (χ0) is 9.64. The summed E-state index contributed by atoms with van der Waals surface area (Å²) in [6, 6.07) is 8.04. The lowest BCUT2D eigenvalue weighted by Gasteiger charge is -2.00. The van der Waals surface area contributed by atoms with Crippen LogP contribution in [0.25, 0.3) is 0 Å². The Balaban J connectivity index is 1.79. The van der Waals surface area contributed by atoms with E-state index in [-0.39, 0.29) is 0 Å². The maximum Gasteiger partial charge on any atom is 0.0769 e. The van der Waals surface area contributed by atoms with Gasteiger partial charge in [-0.25, -0.2) is 0 Å². The van der Waals surface area contributed by atoms with Crippen molar-refractivity contribution in [2.45, 2.75) is 13.1 Å². The first-order chi connectivity index (χ1) is 6.95. The molecule has 0 bridgehead atoms. The summed E-state index contributed by atoms with van der Waals surface area (Å²) in [6.45, 7) is 1.67. The minimum absolute atomic E-state index is 0.770. The van der Waals surface area contributed by atoms with Crippen LogP contribution in [0.15, 0.2) is 35.8 Å². The summed E-state index contributed by atoms with van der Waals surface area (Å²) in [4.78, 5) is 1.34. The molecule has 2 aromatic rings. The van der Waals surface area contributed by atoms with Crippen molar-refractivity contribution in [2.24, 2.45) is 0 Å². The number of hydrogen-bond acceptors (Lipinski definition) is 4. The number of nitrogens with zero attached hydrogens (tertiary/aromatic N) is 2. The van der Waals surface area contributed by atoms with E-state index in [0.29, 0.717) is 0 Å². The monoisotopic (exact) mass is 205 g/mol. The van der Waals surface area contributed by atoms with E-state index >= 15 is 0 Å². The molecule has 4 heteroatoms. The van der Waals surface area contributed by atoms with Crippen LogP contribution in [0, 0.1) is 0 Å². The number of aromatic nitrogens is 2. The van der Waals surface area contributed by atoms with Gasteiger partial charge in [0.1, 0.15) is 0 Å². The van der Waals surface area contributed by atoms with E-state index in [0.717, 1.165) is 18.8 Å². The van der Waals surface area contributed by atoms with Crippen LogP contribution in [0.5, 0.6) is 0 Å². The zero-order valence-electron chi connectivity index (χ0n) is 7.68. The Labute approximate surface area is 86.8 Å². The second-order valence-corrected chi connectivity index (χ2v) is 3.93. The summed E-state index contributed by atoms with van der Waals surface area (Å²) in [7, 11) is 0. The van der Waals surface area contributed by atoms with Gasteiger partial charge in [0.2, 0.25) is 0 Å². The largest absolute Gasteiger partial charge is 0.306 e. The maximum absolute atomic E-state index is 3.99. The highest BCUT2D eigenvalue weighted by atomic mass is 32.1. The number of hydrogen-bond donors (Lipinski definition) is 1. The quantitative estimate of drug-likeness (QED) is 0.827. The molecule has 1 N–H and O–H groups in total. The van der Waals surface area contributed by atoms with Crippen molar-refractivity contribution in [3.8, 4) is 0 Å². The lowest BCUT2D eigenvalue weighted by molar-refractivity contribution is 0.676. The highest BCUT2D eigenvalue weighted by Crippen LogP contribution is 2.07. The molecule has 0 saturated heterocycles. The third-order valence-corrected chi connectivity index (χ3v) is 2.69. The van der Waals surface area contributed by atoms with Crippen LogP contribution in [-0.2, 0) is 13.1 Å².